The maximum Gasteiger partial charge on any atom is 0.319 e. The van der Waals surface area contributed by atoms with E-state index in [0.29, 0.717) is 18.1 Å². The molecule has 3 aromatic rings. The summed E-state index contributed by atoms with van der Waals surface area (Å²) in [6.07, 6.45) is 0. The van der Waals surface area contributed by atoms with Gasteiger partial charge in [0, 0.05) is 12.2 Å². The van der Waals surface area contributed by atoms with Crippen molar-refractivity contribution in [1.29, 1.82) is 0 Å². The van der Waals surface area contributed by atoms with E-state index in [4.69, 9.17) is 4.74 Å². The van der Waals surface area contributed by atoms with Gasteiger partial charge >= 0.3 is 6.03 Å². The highest BCUT2D eigenvalue weighted by molar-refractivity contribution is 5.89. The van der Waals surface area contributed by atoms with Gasteiger partial charge in [0.15, 0.2) is 5.82 Å². The van der Waals surface area contributed by atoms with Crippen LogP contribution in [-0.4, -0.2) is 33.3 Å². The highest BCUT2D eigenvalue weighted by Gasteiger charge is 2.06. The average molecular weight is 338 g/mol. The molecule has 3 rings (SSSR count). The van der Waals surface area contributed by atoms with E-state index in [0.717, 1.165) is 17.0 Å². The zero-order valence-corrected chi connectivity index (χ0v) is 13.9. The minimum Gasteiger partial charge on any atom is -0.497 e. The summed E-state index contributed by atoms with van der Waals surface area (Å²) >= 11 is 0. The van der Waals surface area contributed by atoms with Crippen LogP contribution in [0.25, 0.3) is 5.69 Å². The fourth-order valence-electron chi connectivity index (χ4n) is 2.29. The summed E-state index contributed by atoms with van der Waals surface area (Å²) in [5.41, 5.74) is 2.41. The van der Waals surface area contributed by atoms with Crippen LogP contribution in [0.3, 0.4) is 0 Å². The van der Waals surface area contributed by atoms with Gasteiger partial charge in [0.2, 0.25) is 0 Å². The highest BCUT2D eigenvalue weighted by Crippen LogP contribution is 2.15. The number of rotatable bonds is 5. The fourth-order valence-corrected chi connectivity index (χ4v) is 2.29. The normalized spacial score (nSPS) is 10.3. The Morgan fingerprint density at radius 3 is 2.68 bits per heavy atom. The number of ether oxygens (including phenoxy) is 1. The van der Waals surface area contributed by atoms with Crippen LogP contribution < -0.4 is 15.4 Å². The standard InChI is InChI=1S/C17H18N6O2/c1-12-20-21-22-23(12)15-5-3-4-14(10-15)19-17(24)18-11-13-6-8-16(25-2)9-7-13/h3-10H,11H2,1-2H3,(H2,18,19,24). The smallest absolute Gasteiger partial charge is 0.319 e. The number of urea groups is 1. The molecular formula is C17H18N6O2. The number of hydrogen-bond acceptors (Lipinski definition) is 5. The quantitative estimate of drug-likeness (QED) is 0.744. The van der Waals surface area contributed by atoms with Gasteiger partial charge in [-0.3, -0.25) is 0 Å². The van der Waals surface area contributed by atoms with Gasteiger partial charge in [-0.05, 0) is 53.2 Å². The van der Waals surface area contributed by atoms with Gasteiger partial charge in [0.05, 0.1) is 12.8 Å². The van der Waals surface area contributed by atoms with Gasteiger partial charge in [0.25, 0.3) is 0 Å². The van der Waals surface area contributed by atoms with E-state index in [-0.39, 0.29) is 6.03 Å². The third-order valence-corrected chi connectivity index (χ3v) is 3.59. The van der Waals surface area contributed by atoms with Crippen LogP contribution in [-0.2, 0) is 6.54 Å². The van der Waals surface area contributed by atoms with Gasteiger partial charge in [-0.25, -0.2) is 4.79 Å². The van der Waals surface area contributed by atoms with Gasteiger partial charge in [0.1, 0.15) is 5.75 Å². The number of aryl methyl sites for hydroxylation is 1. The molecule has 25 heavy (non-hydrogen) atoms. The largest absolute Gasteiger partial charge is 0.497 e. The van der Waals surface area contributed by atoms with Gasteiger partial charge in [-0.15, -0.1) is 5.10 Å². The van der Waals surface area contributed by atoms with Crippen molar-refractivity contribution in [2.45, 2.75) is 13.5 Å². The third kappa shape index (κ3) is 4.11. The van der Waals surface area contributed by atoms with Crippen LogP contribution in [0.5, 0.6) is 5.75 Å². The van der Waals surface area contributed by atoms with Crippen LogP contribution in [0, 0.1) is 6.92 Å². The Labute approximate surface area is 144 Å². The molecule has 0 saturated heterocycles. The first-order valence-electron chi connectivity index (χ1n) is 7.69. The molecule has 1 aromatic heterocycles. The lowest BCUT2D eigenvalue weighted by molar-refractivity contribution is 0.251. The SMILES string of the molecule is COc1ccc(CNC(=O)Nc2cccc(-n3nnnc3C)c2)cc1. The van der Waals surface area contributed by atoms with Crippen molar-refractivity contribution < 1.29 is 9.53 Å². The van der Waals surface area contributed by atoms with E-state index in [1.165, 1.54) is 0 Å². The first-order chi connectivity index (χ1) is 12.2. The molecule has 0 unspecified atom stereocenters. The molecule has 2 N–H and O–H groups in total. The van der Waals surface area contributed by atoms with Gasteiger partial charge in [-0.2, -0.15) is 4.68 Å². The number of amides is 2. The molecule has 2 amide bonds. The second-order valence-electron chi connectivity index (χ2n) is 5.34. The average Bonchev–Trinajstić information content (AvgIpc) is 3.06. The monoisotopic (exact) mass is 338 g/mol. The lowest BCUT2D eigenvalue weighted by Gasteiger charge is -2.09. The summed E-state index contributed by atoms with van der Waals surface area (Å²) in [7, 11) is 1.62. The molecule has 0 saturated carbocycles. The number of aromatic nitrogens is 4. The van der Waals surface area contributed by atoms with Crippen molar-refractivity contribution in [2.24, 2.45) is 0 Å². The van der Waals surface area contributed by atoms with Crippen molar-refractivity contribution in [2.75, 3.05) is 12.4 Å². The summed E-state index contributed by atoms with van der Waals surface area (Å²) < 4.78 is 6.71. The molecule has 0 bridgehead atoms. The molecule has 1 heterocycles. The van der Waals surface area contributed by atoms with Crippen LogP contribution in [0.4, 0.5) is 10.5 Å². The Balaban J connectivity index is 1.60. The molecule has 128 valence electrons. The maximum absolute atomic E-state index is 12.1. The lowest BCUT2D eigenvalue weighted by atomic mass is 10.2. The first-order valence-corrected chi connectivity index (χ1v) is 7.69. The first kappa shape index (κ1) is 16.4. The van der Waals surface area contributed by atoms with Gasteiger partial charge in [-0.1, -0.05) is 18.2 Å². The number of tetrazole rings is 1. The summed E-state index contributed by atoms with van der Waals surface area (Å²) in [6.45, 7) is 2.23. The zero-order valence-electron chi connectivity index (χ0n) is 13.9. The predicted octanol–water partition coefficient (Wildman–Crippen LogP) is 2.30. The molecule has 0 atom stereocenters. The van der Waals surface area contributed by atoms with Crippen molar-refractivity contribution in [3.8, 4) is 11.4 Å². The number of carbonyl (C=O) groups excluding carboxylic acids is 1. The Morgan fingerprint density at radius 1 is 1.20 bits per heavy atom. The summed E-state index contributed by atoms with van der Waals surface area (Å²) in [6, 6.07) is 14.5. The Morgan fingerprint density at radius 2 is 2.00 bits per heavy atom. The lowest BCUT2D eigenvalue weighted by Crippen LogP contribution is -2.28. The molecule has 0 spiro atoms. The Bertz CT molecular complexity index is 860. The third-order valence-electron chi connectivity index (χ3n) is 3.59. The molecule has 0 radical (unpaired) electrons. The zero-order chi connectivity index (χ0) is 17.6. The highest BCUT2D eigenvalue weighted by atomic mass is 16.5. The molecule has 0 aliphatic rings. The van der Waals surface area contributed by atoms with Crippen molar-refractivity contribution >= 4 is 11.7 Å². The number of benzene rings is 2. The summed E-state index contributed by atoms with van der Waals surface area (Å²) in [4.78, 5) is 12.1. The van der Waals surface area contributed by atoms with E-state index in [1.54, 1.807) is 23.9 Å². The van der Waals surface area contributed by atoms with E-state index in [1.807, 2.05) is 43.3 Å². The van der Waals surface area contributed by atoms with E-state index in [9.17, 15) is 4.79 Å². The number of methoxy groups -OCH3 is 1. The molecule has 0 aliphatic carbocycles. The minimum atomic E-state index is -0.290. The summed E-state index contributed by atoms with van der Waals surface area (Å²) in [5, 5.41) is 17.0. The number of carbonyl (C=O) groups is 1. The second kappa shape index (κ2) is 7.43. The van der Waals surface area contributed by atoms with Crippen LogP contribution in [0.1, 0.15) is 11.4 Å². The number of anilines is 1. The Kier molecular flexibility index (Phi) is 4.89. The van der Waals surface area contributed by atoms with Crippen LogP contribution in [0.15, 0.2) is 48.5 Å². The van der Waals surface area contributed by atoms with E-state index < -0.39 is 0 Å². The maximum atomic E-state index is 12.1. The van der Waals surface area contributed by atoms with Crippen molar-refractivity contribution in [3.63, 3.8) is 0 Å². The predicted molar refractivity (Wildman–Crippen MR) is 92.7 cm³/mol. The second-order valence-corrected chi connectivity index (χ2v) is 5.34. The molecule has 8 nitrogen and oxygen atoms in total. The minimum absolute atomic E-state index is 0.290. The number of nitrogens with one attached hydrogen (secondary N) is 2. The van der Waals surface area contributed by atoms with Crippen LogP contribution in [0.2, 0.25) is 0 Å². The number of hydrogen-bond donors (Lipinski definition) is 2. The van der Waals surface area contributed by atoms with E-state index >= 15 is 0 Å². The molecular weight excluding hydrogens is 320 g/mol. The van der Waals surface area contributed by atoms with Crippen molar-refractivity contribution in [1.82, 2.24) is 25.5 Å². The topological polar surface area (TPSA) is 94.0 Å². The molecule has 8 heteroatoms. The van der Waals surface area contributed by atoms with Gasteiger partial charge < -0.3 is 15.4 Å². The van der Waals surface area contributed by atoms with Crippen LogP contribution >= 0.6 is 0 Å². The fraction of sp³-hybridized carbons (Fsp3) is 0.176. The number of nitrogens with zero attached hydrogens (tertiary/aromatic N) is 4. The summed E-state index contributed by atoms with van der Waals surface area (Å²) in [5.74, 6) is 1.45. The molecule has 0 fully saturated rings. The molecule has 0 aliphatic heterocycles. The molecule has 2 aromatic carbocycles. The van der Waals surface area contributed by atoms with E-state index in [2.05, 4.69) is 26.2 Å². The Hall–Kier alpha value is -3.42. The van der Waals surface area contributed by atoms with Crippen molar-refractivity contribution in [3.05, 3.63) is 59.9 Å².